The summed E-state index contributed by atoms with van der Waals surface area (Å²) < 4.78 is 45.4. The van der Waals surface area contributed by atoms with Gasteiger partial charge in [-0.15, -0.1) is 0 Å². The van der Waals surface area contributed by atoms with Crippen molar-refractivity contribution in [3.63, 3.8) is 0 Å². The molecule has 1 saturated heterocycles. The highest BCUT2D eigenvalue weighted by molar-refractivity contribution is 7.92. The number of sulfonamides is 1. The van der Waals surface area contributed by atoms with E-state index in [0.29, 0.717) is 19.4 Å². The number of carboxylic acids is 1. The minimum Gasteiger partial charge on any atom is -0.478 e. The second-order valence-electron chi connectivity index (χ2n) is 7.00. The number of nitrogens with one attached hydrogen (secondary N) is 1. The van der Waals surface area contributed by atoms with Crippen molar-refractivity contribution in [1.82, 2.24) is 4.98 Å². The lowest BCUT2D eigenvalue weighted by atomic mass is 9.98. The Kier molecular flexibility index (Phi) is 6.74. The second-order valence-corrected chi connectivity index (χ2v) is 8.68. The van der Waals surface area contributed by atoms with Crippen LogP contribution in [0.4, 0.5) is 15.9 Å². The molecule has 1 aliphatic heterocycles. The van der Waals surface area contributed by atoms with Gasteiger partial charge >= 0.3 is 11.9 Å². The van der Waals surface area contributed by atoms with Gasteiger partial charge < -0.3 is 14.7 Å². The molecule has 0 amide bonds. The van der Waals surface area contributed by atoms with Crippen LogP contribution in [-0.2, 0) is 19.6 Å². The van der Waals surface area contributed by atoms with Crippen LogP contribution < -0.4 is 9.62 Å². The number of esters is 1. The number of halogens is 1. The number of anilines is 2. The number of benzene rings is 1. The van der Waals surface area contributed by atoms with Gasteiger partial charge in [-0.1, -0.05) is 0 Å². The van der Waals surface area contributed by atoms with Crippen molar-refractivity contribution in [3.8, 4) is 0 Å². The van der Waals surface area contributed by atoms with E-state index in [-0.39, 0.29) is 41.1 Å². The highest BCUT2D eigenvalue weighted by Crippen LogP contribution is 2.28. The number of aromatic carboxylic acids is 1. The molecule has 2 N–H and O–H groups in total. The monoisotopic (exact) mass is 451 g/mol. The van der Waals surface area contributed by atoms with E-state index in [0.717, 1.165) is 24.3 Å². The van der Waals surface area contributed by atoms with Crippen molar-refractivity contribution in [2.75, 3.05) is 29.3 Å². The summed E-state index contributed by atoms with van der Waals surface area (Å²) >= 11 is 0. The summed E-state index contributed by atoms with van der Waals surface area (Å²) in [5, 5.41) is 9.65. The van der Waals surface area contributed by atoms with E-state index < -0.39 is 27.7 Å². The molecule has 1 fully saturated rings. The number of hydrogen-bond donors (Lipinski definition) is 2. The van der Waals surface area contributed by atoms with Gasteiger partial charge in [0.25, 0.3) is 10.0 Å². The summed E-state index contributed by atoms with van der Waals surface area (Å²) in [6.45, 7) is 2.74. The molecule has 0 bridgehead atoms. The molecule has 0 unspecified atom stereocenters. The molecule has 166 valence electrons. The highest BCUT2D eigenvalue weighted by atomic mass is 32.2. The third-order valence-corrected chi connectivity index (χ3v) is 6.21. The maximum atomic E-state index is 13.1. The van der Waals surface area contributed by atoms with Crippen LogP contribution in [0.25, 0.3) is 0 Å². The normalized spacial score (nSPS) is 16.6. The Hall–Kier alpha value is -3.21. The molecule has 1 aromatic heterocycles. The maximum Gasteiger partial charge on any atom is 0.339 e. The lowest BCUT2D eigenvalue weighted by Crippen LogP contribution is -2.40. The van der Waals surface area contributed by atoms with Crippen LogP contribution in [0, 0.1) is 11.7 Å². The first kappa shape index (κ1) is 22.5. The molecular weight excluding hydrogens is 429 g/mol. The number of nitrogens with zero attached hydrogens (tertiary/aromatic N) is 2. The Labute approximate surface area is 178 Å². The fourth-order valence-electron chi connectivity index (χ4n) is 3.37. The summed E-state index contributed by atoms with van der Waals surface area (Å²) in [5.41, 5.74) is -0.256. The zero-order chi connectivity index (χ0) is 22.6. The highest BCUT2D eigenvalue weighted by Gasteiger charge is 2.30. The van der Waals surface area contributed by atoms with E-state index in [1.54, 1.807) is 11.8 Å². The van der Waals surface area contributed by atoms with E-state index in [1.165, 1.54) is 12.3 Å². The summed E-state index contributed by atoms with van der Waals surface area (Å²) in [6, 6.07) is 5.38. The maximum absolute atomic E-state index is 13.1. The summed E-state index contributed by atoms with van der Waals surface area (Å²) in [6.07, 6.45) is 2.49. The minimum atomic E-state index is -4.06. The van der Waals surface area contributed by atoms with Crippen molar-refractivity contribution in [2.45, 2.75) is 24.7 Å². The van der Waals surface area contributed by atoms with Crippen LogP contribution in [0.15, 0.2) is 41.4 Å². The van der Waals surface area contributed by atoms with Crippen LogP contribution in [0.5, 0.6) is 0 Å². The van der Waals surface area contributed by atoms with E-state index in [4.69, 9.17) is 4.74 Å². The van der Waals surface area contributed by atoms with Crippen LogP contribution in [0.1, 0.15) is 30.1 Å². The molecule has 11 heteroatoms. The average Bonchev–Trinajstić information content (AvgIpc) is 2.74. The molecule has 2 aromatic rings. The van der Waals surface area contributed by atoms with Crippen molar-refractivity contribution in [3.05, 3.63) is 47.9 Å². The van der Waals surface area contributed by atoms with Gasteiger partial charge in [-0.25, -0.2) is 22.6 Å². The van der Waals surface area contributed by atoms with Crippen molar-refractivity contribution >= 4 is 33.5 Å². The Morgan fingerprint density at radius 2 is 2.03 bits per heavy atom. The van der Waals surface area contributed by atoms with Crippen LogP contribution in [0.3, 0.4) is 0 Å². The van der Waals surface area contributed by atoms with E-state index >= 15 is 0 Å². The first-order valence-electron chi connectivity index (χ1n) is 9.64. The number of piperidine rings is 1. The molecule has 3 rings (SSSR count). The Bertz CT molecular complexity index is 1070. The number of ether oxygens (including phenoxy) is 1. The molecule has 0 spiro atoms. The topological polar surface area (TPSA) is 126 Å². The van der Waals surface area contributed by atoms with Gasteiger partial charge in [-0.05, 0) is 50.1 Å². The van der Waals surface area contributed by atoms with Crippen molar-refractivity contribution in [2.24, 2.45) is 5.92 Å². The summed E-state index contributed by atoms with van der Waals surface area (Å²) in [7, 11) is -4.06. The van der Waals surface area contributed by atoms with Gasteiger partial charge in [-0.2, -0.15) is 0 Å². The van der Waals surface area contributed by atoms with E-state index in [9.17, 15) is 27.5 Å². The number of pyridine rings is 1. The molecule has 1 atom stereocenters. The predicted octanol–water partition coefficient (Wildman–Crippen LogP) is 2.50. The minimum absolute atomic E-state index is 0.0515. The average molecular weight is 451 g/mol. The summed E-state index contributed by atoms with van der Waals surface area (Å²) in [5.74, 6) is -2.46. The molecule has 0 saturated carbocycles. The van der Waals surface area contributed by atoms with Gasteiger partial charge in [0.1, 0.15) is 17.2 Å². The zero-order valence-corrected chi connectivity index (χ0v) is 17.6. The Morgan fingerprint density at radius 3 is 2.68 bits per heavy atom. The standard InChI is InChI=1S/C20H22FN3O6S/c1-2-30-20(27)13-4-3-9-24(12-13)18-17(19(25)26)10-15(11-22-18)23-31(28,29)16-7-5-14(21)6-8-16/h5-8,10-11,13,23H,2-4,9,12H2,1H3,(H,25,26)/t13-/m1/s1. The molecule has 31 heavy (non-hydrogen) atoms. The fourth-order valence-corrected chi connectivity index (χ4v) is 4.41. The number of carbonyl (C=O) groups excluding carboxylic acids is 1. The van der Waals surface area contributed by atoms with Gasteiger partial charge in [-0.3, -0.25) is 9.52 Å². The van der Waals surface area contributed by atoms with Gasteiger partial charge in [0, 0.05) is 13.1 Å². The molecule has 1 aromatic carbocycles. The first-order valence-corrected chi connectivity index (χ1v) is 11.1. The first-order chi connectivity index (χ1) is 14.7. The van der Waals surface area contributed by atoms with Gasteiger partial charge in [0.15, 0.2) is 0 Å². The SMILES string of the molecule is CCOC(=O)[C@@H]1CCCN(c2ncc(NS(=O)(=O)c3ccc(F)cc3)cc2C(=O)O)C1. The number of hydrogen-bond acceptors (Lipinski definition) is 7. The predicted molar refractivity (Wildman–Crippen MR) is 110 cm³/mol. The lowest BCUT2D eigenvalue weighted by Gasteiger charge is -2.33. The smallest absolute Gasteiger partial charge is 0.339 e. The molecular formula is C20H22FN3O6S. The van der Waals surface area contributed by atoms with E-state index in [1.807, 2.05) is 0 Å². The fraction of sp³-hybridized carbons (Fsp3) is 0.350. The quantitative estimate of drug-likeness (QED) is 0.615. The van der Waals surface area contributed by atoms with Crippen LogP contribution in [-0.4, -0.2) is 50.1 Å². The molecule has 9 nitrogen and oxygen atoms in total. The third kappa shape index (κ3) is 5.29. The van der Waals surface area contributed by atoms with Crippen LogP contribution >= 0.6 is 0 Å². The van der Waals surface area contributed by atoms with Gasteiger partial charge in [0.05, 0.1) is 29.3 Å². The third-order valence-electron chi connectivity index (χ3n) is 4.81. The van der Waals surface area contributed by atoms with Crippen molar-refractivity contribution < 1.29 is 32.2 Å². The molecule has 0 radical (unpaired) electrons. The second kappa shape index (κ2) is 9.29. The van der Waals surface area contributed by atoms with Crippen molar-refractivity contribution in [1.29, 1.82) is 0 Å². The van der Waals surface area contributed by atoms with E-state index in [2.05, 4.69) is 9.71 Å². The number of carbonyl (C=O) groups is 2. The Balaban J connectivity index is 1.85. The zero-order valence-electron chi connectivity index (χ0n) is 16.7. The Morgan fingerprint density at radius 1 is 1.32 bits per heavy atom. The lowest BCUT2D eigenvalue weighted by molar-refractivity contribution is -0.148. The number of carboxylic acid groups (broad SMARTS) is 1. The van der Waals surface area contributed by atoms with Crippen LogP contribution in [0.2, 0.25) is 0 Å². The molecule has 2 heterocycles. The number of aromatic nitrogens is 1. The largest absolute Gasteiger partial charge is 0.478 e. The van der Waals surface area contributed by atoms with Gasteiger partial charge in [0.2, 0.25) is 0 Å². The molecule has 1 aliphatic rings. The number of rotatable bonds is 7. The molecule has 0 aliphatic carbocycles. The summed E-state index contributed by atoms with van der Waals surface area (Å²) in [4.78, 5) is 29.6.